The molecule has 3 rings (SSSR count). The van der Waals surface area contributed by atoms with Crippen LogP contribution in [0, 0.1) is 0 Å². The van der Waals surface area contributed by atoms with E-state index in [1.807, 2.05) is 0 Å². The minimum absolute atomic E-state index is 0.101. The van der Waals surface area contributed by atoms with Gasteiger partial charge in [0.2, 0.25) is 0 Å². The van der Waals surface area contributed by atoms with Crippen molar-refractivity contribution >= 4 is 21.5 Å². The molecule has 0 bridgehead atoms. The van der Waals surface area contributed by atoms with Gasteiger partial charge in [-0.1, -0.05) is 13.3 Å². The lowest BCUT2D eigenvalue weighted by molar-refractivity contribution is 0.171. The molecule has 0 radical (unpaired) electrons. The molecule has 0 saturated heterocycles. The maximum atomic E-state index is 12.5. The number of hydrogen-bond donors (Lipinski definition) is 2. The molecule has 1 aliphatic heterocycles. The Bertz CT molecular complexity index is 822. The summed E-state index contributed by atoms with van der Waals surface area (Å²) in [5.41, 5.74) is 0.857. The summed E-state index contributed by atoms with van der Waals surface area (Å²) in [4.78, 5) is 4.25. The van der Waals surface area contributed by atoms with E-state index in [-0.39, 0.29) is 10.7 Å². The van der Waals surface area contributed by atoms with Gasteiger partial charge in [0.1, 0.15) is 19.0 Å². The molecule has 25 heavy (non-hydrogen) atoms. The Balaban J connectivity index is 1.71. The second kappa shape index (κ2) is 7.60. The molecule has 0 aliphatic carbocycles. The van der Waals surface area contributed by atoms with Crippen LogP contribution in [-0.2, 0) is 10.0 Å². The van der Waals surface area contributed by atoms with Crippen LogP contribution in [0.5, 0.6) is 11.5 Å². The highest BCUT2D eigenvalue weighted by molar-refractivity contribution is 7.92. The van der Waals surface area contributed by atoms with E-state index < -0.39 is 10.0 Å². The Kier molecular flexibility index (Phi) is 5.28. The maximum absolute atomic E-state index is 12.5. The molecule has 0 saturated carbocycles. The number of benzene rings is 1. The number of nitrogens with one attached hydrogen (secondary N) is 2. The van der Waals surface area contributed by atoms with Crippen LogP contribution in [-0.4, -0.2) is 33.2 Å². The number of aromatic nitrogens is 1. The van der Waals surface area contributed by atoms with Gasteiger partial charge >= 0.3 is 0 Å². The second-order valence-corrected chi connectivity index (χ2v) is 7.31. The van der Waals surface area contributed by atoms with Crippen LogP contribution in [0.4, 0.5) is 11.5 Å². The highest BCUT2D eigenvalue weighted by Gasteiger charge is 2.19. The zero-order valence-electron chi connectivity index (χ0n) is 14.0. The lowest BCUT2D eigenvalue weighted by Crippen LogP contribution is -2.17. The summed E-state index contributed by atoms with van der Waals surface area (Å²) in [6.07, 6.45) is 3.78. The number of unbranched alkanes of at least 4 members (excludes halogenated alkanes) is 1. The van der Waals surface area contributed by atoms with Gasteiger partial charge in [-0.05, 0) is 30.7 Å². The normalized spacial score (nSPS) is 13.3. The first-order chi connectivity index (χ1) is 12.1. The van der Waals surface area contributed by atoms with E-state index in [1.54, 1.807) is 24.4 Å². The van der Waals surface area contributed by atoms with Gasteiger partial charge < -0.3 is 14.8 Å². The molecule has 7 nitrogen and oxygen atoms in total. The van der Waals surface area contributed by atoms with Crippen LogP contribution in [0.2, 0.25) is 0 Å². The monoisotopic (exact) mass is 363 g/mol. The number of fused-ring (bicyclic) bond motifs is 1. The first kappa shape index (κ1) is 17.3. The number of rotatable bonds is 7. The number of anilines is 2. The summed E-state index contributed by atoms with van der Waals surface area (Å²) in [5, 5.41) is 3.23. The van der Waals surface area contributed by atoms with Crippen molar-refractivity contribution in [3.63, 3.8) is 0 Å². The Morgan fingerprint density at radius 1 is 1.12 bits per heavy atom. The molecule has 2 N–H and O–H groups in total. The fourth-order valence-corrected chi connectivity index (χ4v) is 3.38. The van der Waals surface area contributed by atoms with E-state index in [2.05, 4.69) is 21.9 Å². The minimum Gasteiger partial charge on any atom is -0.486 e. The summed E-state index contributed by atoms with van der Waals surface area (Å²) < 4.78 is 38.3. The molecule has 1 aromatic heterocycles. The van der Waals surface area contributed by atoms with Crippen molar-refractivity contribution in [1.82, 2.24) is 4.98 Å². The average Bonchev–Trinajstić information content (AvgIpc) is 2.63. The van der Waals surface area contributed by atoms with Crippen LogP contribution in [0.15, 0.2) is 41.4 Å². The molecule has 134 valence electrons. The third kappa shape index (κ3) is 4.33. The quantitative estimate of drug-likeness (QED) is 0.735. The van der Waals surface area contributed by atoms with Crippen LogP contribution < -0.4 is 19.5 Å². The minimum atomic E-state index is -3.75. The zero-order valence-corrected chi connectivity index (χ0v) is 14.8. The number of sulfonamides is 1. The highest BCUT2D eigenvalue weighted by Crippen LogP contribution is 2.32. The third-order valence-electron chi connectivity index (χ3n) is 3.69. The summed E-state index contributed by atoms with van der Waals surface area (Å²) in [6.45, 7) is 3.84. The van der Waals surface area contributed by atoms with Crippen molar-refractivity contribution in [1.29, 1.82) is 0 Å². The van der Waals surface area contributed by atoms with E-state index in [4.69, 9.17) is 9.47 Å². The lowest BCUT2D eigenvalue weighted by Gasteiger charge is -2.19. The van der Waals surface area contributed by atoms with E-state index in [0.717, 1.165) is 25.1 Å². The molecule has 0 atom stereocenters. The molecule has 0 fully saturated rings. The lowest BCUT2D eigenvalue weighted by atomic mass is 10.3. The Labute approximate surface area is 147 Å². The third-order valence-corrected chi connectivity index (χ3v) is 5.04. The fourth-order valence-electron chi connectivity index (χ4n) is 2.36. The SMILES string of the molecule is CCCCNc1ccc(NS(=O)(=O)c2ccc3c(c2)OCCO3)nc1. The maximum Gasteiger partial charge on any atom is 0.263 e. The van der Waals surface area contributed by atoms with Crippen LogP contribution in [0.3, 0.4) is 0 Å². The predicted molar refractivity (Wildman–Crippen MR) is 95.9 cm³/mol. The van der Waals surface area contributed by atoms with E-state index in [1.165, 1.54) is 12.1 Å². The Morgan fingerprint density at radius 3 is 2.64 bits per heavy atom. The van der Waals surface area contributed by atoms with Gasteiger partial charge in [-0.2, -0.15) is 0 Å². The molecule has 0 amide bonds. The zero-order chi connectivity index (χ0) is 17.7. The Hall–Kier alpha value is -2.48. The molecule has 8 heteroatoms. The standard InChI is InChI=1S/C17H21N3O4S/c1-2-3-8-18-13-4-7-17(19-12-13)20-25(21,22)14-5-6-15-16(11-14)24-10-9-23-15/h4-7,11-12,18H,2-3,8-10H2,1H3,(H,19,20). The molecule has 2 aromatic rings. The summed E-state index contributed by atoms with van der Waals surface area (Å²) in [6, 6.07) is 7.96. The molecular formula is C17H21N3O4S. The number of hydrogen-bond acceptors (Lipinski definition) is 6. The topological polar surface area (TPSA) is 89.5 Å². The summed E-state index contributed by atoms with van der Waals surface area (Å²) >= 11 is 0. The molecule has 2 heterocycles. The van der Waals surface area contributed by atoms with Crippen molar-refractivity contribution in [2.24, 2.45) is 0 Å². The molecule has 1 aliphatic rings. The Morgan fingerprint density at radius 2 is 1.92 bits per heavy atom. The summed E-state index contributed by atoms with van der Waals surface area (Å²) in [5.74, 6) is 1.24. The van der Waals surface area contributed by atoms with Crippen LogP contribution in [0.1, 0.15) is 19.8 Å². The van der Waals surface area contributed by atoms with Crippen LogP contribution in [0.25, 0.3) is 0 Å². The van der Waals surface area contributed by atoms with Gasteiger partial charge in [0, 0.05) is 12.6 Å². The van der Waals surface area contributed by atoms with E-state index >= 15 is 0 Å². The molecule has 0 spiro atoms. The molecule has 1 aromatic carbocycles. The van der Waals surface area contributed by atoms with Crippen molar-refractivity contribution in [2.45, 2.75) is 24.7 Å². The predicted octanol–water partition coefficient (Wildman–Crippen LogP) is 2.87. The van der Waals surface area contributed by atoms with Crippen LogP contribution >= 0.6 is 0 Å². The van der Waals surface area contributed by atoms with Crippen molar-refractivity contribution in [2.75, 3.05) is 29.8 Å². The first-order valence-electron chi connectivity index (χ1n) is 8.21. The van der Waals surface area contributed by atoms with Crippen molar-refractivity contribution in [3.05, 3.63) is 36.5 Å². The van der Waals surface area contributed by atoms with Gasteiger partial charge in [-0.3, -0.25) is 4.72 Å². The largest absolute Gasteiger partial charge is 0.486 e. The van der Waals surface area contributed by atoms with Crippen molar-refractivity contribution in [3.8, 4) is 11.5 Å². The number of pyridine rings is 1. The van der Waals surface area contributed by atoms with E-state index in [9.17, 15) is 8.42 Å². The van der Waals surface area contributed by atoms with Gasteiger partial charge in [0.25, 0.3) is 10.0 Å². The van der Waals surface area contributed by atoms with Gasteiger partial charge in [-0.25, -0.2) is 13.4 Å². The van der Waals surface area contributed by atoms with Crippen molar-refractivity contribution < 1.29 is 17.9 Å². The highest BCUT2D eigenvalue weighted by atomic mass is 32.2. The van der Waals surface area contributed by atoms with Gasteiger partial charge in [-0.15, -0.1) is 0 Å². The summed E-state index contributed by atoms with van der Waals surface area (Å²) in [7, 11) is -3.75. The van der Waals surface area contributed by atoms with Gasteiger partial charge in [0.05, 0.1) is 16.8 Å². The number of nitrogens with zero attached hydrogens (tertiary/aromatic N) is 1. The average molecular weight is 363 g/mol. The fraction of sp³-hybridized carbons (Fsp3) is 0.353. The molecular weight excluding hydrogens is 342 g/mol. The van der Waals surface area contributed by atoms with Gasteiger partial charge in [0.15, 0.2) is 11.5 Å². The second-order valence-electron chi connectivity index (χ2n) is 5.62. The first-order valence-corrected chi connectivity index (χ1v) is 9.69. The smallest absolute Gasteiger partial charge is 0.263 e. The van der Waals surface area contributed by atoms with E-state index in [0.29, 0.717) is 24.7 Å². The number of ether oxygens (including phenoxy) is 2. The molecule has 0 unspecified atom stereocenters.